The average Bonchev–Trinajstić information content (AvgIpc) is 2.49. The van der Waals surface area contributed by atoms with E-state index in [0.717, 1.165) is 10.2 Å². The number of aryl methyl sites for hydroxylation is 2. The molecule has 0 spiro atoms. The van der Waals surface area contributed by atoms with Gasteiger partial charge in [0, 0.05) is 10.0 Å². The summed E-state index contributed by atoms with van der Waals surface area (Å²) in [5.41, 5.74) is 3.14. The lowest BCUT2D eigenvalue weighted by molar-refractivity contribution is 0.217. The Hall–Kier alpha value is -2.01. The fourth-order valence-electron chi connectivity index (χ4n) is 1.93. The average molecular weight is 364 g/mol. The monoisotopic (exact) mass is 363 g/mol. The van der Waals surface area contributed by atoms with Gasteiger partial charge >= 0.3 is 0 Å². The Bertz CT molecular complexity index is 671. The van der Waals surface area contributed by atoms with Gasteiger partial charge < -0.3 is 14.7 Å². The molecule has 0 bridgehead atoms. The summed E-state index contributed by atoms with van der Waals surface area (Å²) in [6.45, 7) is 4.97. The molecule has 0 aromatic heterocycles. The molecule has 116 valence electrons. The molecule has 0 aliphatic heterocycles. The molecule has 0 radical (unpaired) electrons. The predicted octanol–water partition coefficient (Wildman–Crippen LogP) is 4.33. The van der Waals surface area contributed by atoms with Gasteiger partial charge in [0.05, 0.1) is 6.21 Å². The number of ether oxygens (including phenoxy) is 2. The summed E-state index contributed by atoms with van der Waals surface area (Å²) in [6.07, 6.45) is 1.34. The van der Waals surface area contributed by atoms with Gasteiger partial charge in [-0.15, -0.1) is 0 Å². The van der Waals surface area contributed by atoms with E-state index in [1.807, 2.05) is 36.4 Å². The van der Waals surface area contributed by atoms with Gasteiger partial charge in [0.2, 0.25) is 0 Å². The molecule has 22 heavy (non-hydrogen) atoms. The van der Waals surface area contributed by atoms with Crippen molar-refractivity contribution in [3.8, 4) is 11.5 Å². The second-order valence-electron chi connectivity index (χ2n) is 4.87. The third-order valence-electron chi connectivity index (χ3n) is 3.26. The summed E-state index contributed by atoms with van der Waals surface area (Å²) in [5.74, 6) is 1.48. The molecule has 2 aromatic carbocycles. The third-order valence-corrected chi connectivity index (χ3v) is 3.75. The first kappa shape index (κ1) is 16.4. The van der Waals surface area contributed by atoms with Gasteiger partial charge in [-0.05, 0) is 55.3 Å². The Balaban J connectivity index is 1.90. The minimum atomic E-state index is 0.404. The highest BCUT2D eigenvalue weighted by atomic mass is 79.9. The summed E-state index contributed by atoms with van der Waals surface area (Å²) in [5, 5.41) is 11.7. The third kappa shape index (κ3) is 4.49. The SMILES string of the molecule is Cc1ccc(OCCOc2ccc(Br)cc2C=NO)cc1C. The zero-order valence-electron chi connectivity index (χ0n) is 12.5. The van der Waals surface area contributed by atoms with E-state index in [-0.39, 0.29) is 0 Å². The van der Waals surface area contributed by atoms with Crippen LogP contribution in [0.2, 0.25) is 0 Å². The van der Waals surface area contributed by atoms with Crippen LogP contribution >= 0.6 is 15.9 Å². The van der Waals surface area contributed by atoms with Crippen LogP contribution in [0.3, 0.4) is 0 Å². The van der Waals surface area contributed by atoms with Crippen LogP contribution in [0.25, 0.3) is 0 Å². The fraction of sp³-hybridized carbons (Fsp3) is 0.235. The Morgan fingerprint density at radius 1 is 1.05 bits per heavy atom. The number of benzene rings is 2. The first-order valence-corrected chi connectivity index (χ1v) is 7.69. The van der Waals surface area contributed by atoms with Gasteiger partial charge in [-0.3, -0.25) is 0 Å². The maximum atomic E-state index is 8.68. The van der Waals surface area contributed by atoms with Gasteiger partial charge in [-0.1, -0.05) is 27.2 Å². The van der Waals surface area contributed by atoms with E-state index >= 15 is 0 Å². The van der Waals surface area contributed by atoms with Crippen molar-refractivity contribution in [2.24, 2.45) is 5.16 Å². The molecule has 0 heterocycles. The van der Waals surface area contributed by atoms with Gasteiger partial charge in [-0.25, -0.2) is 0 Å². The summed E-state index contributed by atoms with van der Waals surface area (Å²) in [7, 11) is 0. The van der Waals surface area contributed by atoms with Crippen molar-refractivity contribution in [3.63, 3.8) is 0 Å². The first-order valence-electron chi connectivity index (χ1n) is 6.90. The molecule has 5 heteroatoms. The minimum absolute atomic E-state index is 0.404. The van der Waals surface area contributed by atoms with Crippen molar-refractivity contribution < 1.29 is 14.7 Å². The topological polar surface area (TPSA) is 51.0 Å². The molecule has 1 N–H and O–H groups in total. The molecule has 4 nitrogen and oxygen atoms in total. The molecule has 0 aliphatic carbocycles. The van der Waals surface area contributed by atoms with Crippen molar-refractivity contribution in [1.82, 2.24) is 0 Å². The molecule has 0 fully saturated rings. The molecule has 0 amide bonds. The van der Waals surface area contributed by atoms with Crippen LogP contribution < -0.4 is 9.47 Å². The van der Waals surface area contributed by atoms with Crippen LogP contribution in [-0.2, 0) is 0 Å². The summed E-state index contributed by atoms with van der Waals surface area (Å²) in [6, 6.07) is 11.5. The molecular weight excluding hydrogens is 346 g/mol. The maximum absolute atomic E-state index is 8.68. The van der Waals surface area contributed by atoms with Crippen molar-refractivity contribution in [1.29, 1.82) is 0 Å². The quantitative estimate of drug-likeness (QED) is 0.359. The predicted molar refractivity (Wildman–Crippen MR) is 90.4 cm³/mol. The number of hydrogen-bond donors (Lipinski definition) is 1. The molecule has 0 atom stereocenters. The van der Waals surface area contributed by atoms with E-state index in [1.54, 1.807) is 0 Å². The summed E-state index contributed by atoms with van der Waals surface area (Å²) < 4.78 is 12.2. The van der Waals surface area contributed by atoms with E-state index in [9.17, 15) is 0 Å². The Kier molecular flexibility index (Phi) is 5.83. The van der Waals surface area contributed by atoms with Crippen LogP contribution in [0.1, 0.15) is 16.7 Å². The number of nitrogens with zero attached hydrogens (tertiary/aromatic N) is 1. The highest BCUT2D eigenvalue weighted by Gasteiger charge is 2.03. The van der Waals surface area contributed by atoms with Crippen LogP contribution in [0.5, 0.6) is 11.5 Å². The van der Waals surface area contributed by atoms with Crippen molar-refractivity contribution >= 4 is 22.1 Å². The number of halogens is 1. The van der Waals surface area contributed by atoms with Crippen LogP contribution in [0.4, 0.5) is 0 Å². The lowest BCUT2D eigenvalue weighted by Gasteiger charge is -2.11. The normalized spacial score (nSPS) is 10.9. The smallest absolute Gasteiger partial charge is 0.128 e. The summed E-state index contributed by atoms with van der Waals surface area (Å²) >= 11 is 3.37. The highest BCUT2D eigenvalue weighted by Crippen LogP contribution is 2.22. The van der Waals surface area contributed by atoms with E-state index < -0.39 is 0 Å². The molecule has 0 unspecified atom stereocenters. The largest absolute Gasteiger partial charge is 0.490 e. The standard InChI is InChI=1S/C17H18BrNO3/c1-12-3-5-16(9-13(12)2)21-7-8-22-17-6-4-15(18)10-14(17)11-19-20/h3-6,9-11,20H,7-8H2,1-2H3. The molecule has 2 aromatic rings. The van der Waals surface area contributed by atoms with Gasteiger partial charge in [-0.2, -0.15) is 0 Å². The zero-order valence-corrected chi connectivity index (χ0v) is 14.1. The number of hydrogen-bond acceptors (Lipinski definition) is 4. The second-order valence-corrected chi connectivity index (χ2v) is 5.79. The molecule has 0 saturated carbocycles. The van der Waals surface area contributed by atoms with Gasteiger partial charge in [0.25, 0.3) is 0 Å². The van der Waals surface area contributed by atoms with Gasteiger partial charge in [0.1, 0.15) is 24.7 Å². The van der Waals surface area contributed by atoms with Crippen LogP contribution in [-0.4, -0.2) is 24.6 Å². The Morgan fingerprint density at radius 2 is 1.82 bits per heavy atom. The highest BCUT2D eigenvalue weighted by molar-refractivity contribution is 9.10. The van der Waals surface area contributed by atoms with E-state index in [4.69, 9.17) is 14.7 Å². The van der Waals surface area contributed by atoms with E-state index in [2.05, 4.69) is 34.9 Å². The Labute approximate surface area is 138 Å². The molecular formula is C17H18BrNO3. The van der Waals surface area contributed by atoms with E-state index in [1.165, 1.54) is 17.3 Å². The molecule has 2 rings (SSSR count). The number of rotatable bonds is 6. The Morgan fingerprint density at radius 3 is 2.55 bits per heavy atom. The van der Waals surface area contributed by atoms with Crippen LogP contribution in [0.15, 0.2) is 46.0 Å². The van der Waals surface area contributed by atoms with Crippen LogP contribution in [0, 0.1) is 13.8 Å². The van der Waals surface area contributed by atoms with Crippen molar-refractivity contribution in [2.45, 2.75) is 13.8 Å². The zero-order chi connectivity index (χ0) is 15.9. The molecule has 0 aliphatic rings. The summed E-state index contributed by atoms with van der Waals surface area (Å²) in [4.78, 5) is 0. The van der Waals surface area contributed by atoms with Crippen molar-refractivity contribution in [2.75, 3.05) is 13.2 Å². The lowest BCUT2D eigenvalue weighted by atomic mass is 10.1. The minimum Gasteiger partial charge on any atom is -0.490 e. The fourth-order valence-corrected chi connectivity index (χ4v) is 2.31. The maximum Gasteiger partial charge on any atom is 0.128 e. The first-order chi connectivity index (χ1) is 10.6. The second kappa shape index (κ2) is 7.84. The van der Waals surface area contributed by atoms with Gasteiger partial charge in [0.15, 0.2) is 0 Å². The lowest BCUT2D eigenvalue weighted by Crippen LogP contribution is -2.10. The van der Waals surface area contributed by atoms with Crippen molar-refractivity contribution in [3.05, 3.63) is 57.6 Å². The molecule has 0 saturated heterocycles. The number of oxime groups is 1. The van der Waals surface area contributed by atoms with E-state index in [0.29, 0.717) is 24.5 Å².